The summed E-state index contributed by atoms with van der Waals surface area (Å²) in [5, 5.41) is 9.01. The fourth-order valence-electron chi connectivity index (χ4n) is 2.27. The maximum Gasteiger partial charge on any atom is 0.335 e. The number of aromatic carboxylic acids is 1. The van der Waals surface area contributed by atoms with Gasteiger partial charge < -0.3 is 14.5 Å². The van der Waals surface area contributed by atoms with Gasteiger partial charge in [0.15, 0.2) is 0 Å². The molecule has 2 N–H and O–H groups in total. The molecule has 0 aliphatic heterocycles. The number of carbonyl (C=O) groups is 1. The van der Waals surface area contributed by atoms with Crippen molar-refractivity contribution in [1.82, 2.24) is 9.38 Å². The van der Waals surface area contributed by atoms with Crippen LogP contribution in [0.25, 0.3) is 16.6 Å². The predicted octanol–water partition coefficient (Wildman–Crippen LogP) is 1.79. The Kier molecular flexibility index (Phi) is 2.04. The number of aryl methyl sites for hydroxylation is 1. The number of nitrogens with zero attached hydrogens (tertiary/aromatic N) is 1. The van der Waals surface area contributed by atoms with Gasteiger partial charge in [-0.15, -0.1) is 0 Å². The first-order valence-electron chi connectivity index (χ1n) is 5.45. The van der Waals surface area contributed by atoms with Crippen molar-refractivity contribution in [2.45, 2.75) is 6.92 Å². The number of H-pyrrole nitrogens is 1. The van der Waals surface area contributed by atoms with Crippen LogP contribution in [0.15, 0.2) is 35.3 Å². The first-order valence-corrected chi connectivity index (χ1v) is 5.45. The minimum absolute atomic E-state index is 0.169. The SMILES string of the molecule is Cc1cc(C(=O)O)cc2[nH]c(=O)c3cccn3c12. The summed E-state index contributed by atoms with van der Waals surface area (Å²) in [6, 6.07) is 6.59. The second-order valence-electron chi connectivity index (χ2n) is 4.21. The third-order valence-corrected chi connectivity index (χ3v) is 3.02. The molecule has 5 heteroatoms. The third kappa shape index (κ3) is 1.34. The van der Waals surface area contributed by atoms with E-state index in [-0.39, 0.29) is 11.1 Å². The highest BCUT2D eigenvalue weighted by atomic mass is 16.4. The third-order valence-electron chi connectivity index (χ3n) is 3.02. The van der Waals surface area contributed by atoms with Gasteiger partial charge in [0.2, 0.25) is 0 Å². The quantitative estimate of drug-likeness (QED) is 0.683. The summed E-state index contributed by atoms with van der Waals surface area (Å²) in [4.78, 5) is 25.5. The Balaban J connectivity index is 2.57. The number of fused-ring (bicyclic) bond motifs is 3. The number of rotatable bonds is 1. The molecule has 90 valence electrons. The monoisotopic (exact) mass is 242 g/mol. The molecule has 0 amide bonds. The number of benzene rings is 1. The molecule has 0 spiro atoms. The second-order valence-corrected chi connectivity index (χ2v) is 4.21. The van der Waals surface area contributed by atoms with Crippen LogP contribution in [0.4, 0.5) is 0 Å². The largest absolute Gasteiger partial charge is 0.478 e. The minimum atomic E-state index is -1.01. The van der Waals surface area contributed by atoms with Crippen LogP contribution in [0.1, 0.15) is 15.9 Å². The average molecular weight is 242 g/mol. The van der Waals surface area contributed by atoms with Crippen LogP contribution in [0.3, 0.4) is 0 Å². The Bertz CT molecular complexity index is 842. The molecule has 0 atom stereocenters. The number of nitrogens with one attached hydrogen (secondary N) is 1. The summed E-state index contributed by atoms with van der Waals surface area (Å²) in [6.45, 7) is 1.83. The topological polar surface area (TPSA) is 74.6 Å². The smallest absolute Gasteiger partial charge is 0.335 e. The van der Waals surface area contributed by atoms with Gasteiger partial charge in [0.1, 0.15) is 5.52 Å². The van der Waals surface area contributed by atoms with E-state index in [1.54, 1.807) is 28.8 Å². The lowest BCUT2D eigenvalue weighted by molar-refractivity contribution is 0.0697. The van der Waals surface area contributed by atoms with Crippen molar-refractivity contribution in [3.05, 3.63) is 51.9 Å². The Hall–Kier alpha value is -2.56. The van der Waals surface area contributed by atoms with E-state index >= 15 is 0 Å². The van der Waals surface area contributed by atoms with Gasteiger partial charge in [-0.05, 0) is 36.8 Å². The molecular weight excluding hydrogens is 232 g/mol. The summed E-state index contributed by atoms with van der Waals surface area (Å²) < 4.78 is 1.77. The number of hydrogen-bond acceptors (Lipinski definition) is 2. The van der Waals surface area contributed by atoms with Crippen LogP contribution in [0, 0.1) is 6.92 Å². The Labute approximate surface area is 101 Å². The minimum Gasteiger partial charge on any atom is -0.478 e. The van der Waals surface area contributed by atoms with E-state index in [4.69, 9.17) is 5.11 Å². The normalized spacial score (nSPS) is 11.2. The number of carboxylic acid groups (broad SMARTS) is 1. The fraction of sp³-hybridized carbons (Fsp3) is 0.0769. The average Bonchev–Trinajstić information content (AvgIpc) is 2.77. The van der Waals surface area contributed by atoms with Gasteiger partial charge in [-0.1, -0.05) is 0 Å². The van der Waals surface area contributed by atoms with Crippen LogP contribution >= 0.6 is 0 Å². The zero-order chi connectivity index (χ0) is 12.9. The zero-order valence-corrected chi connectivity index (χ0v) is 9.60. The number of hydrogen-bond donors (Lipinski definition) is 2. The van der Waals surface area contributed by atoms with Crippen molar-refractivity contribution in [1.29, 1.82) is 0 Å². The molecule has 18 heavy (non-hydrogen) atoms. The lowest BCUT2D eigenvalue weighted by atomic mass is 10.1. The zero-order valence-electron chi connectivity index (χ0n) is 9.60. The summed E-state index contributed by atoms with van der Waals surface area (Å²) in [5.41, 5.74) is 2.65. The summed E-state index contributed by atoms with van der Waals surface area (Å²) in [6.07, 6.45) is 1.79. The molecule has 0 aliphatic rings. The molecule has 3 aromatic rings. The van der Waals surface area contributed by atoms with Crippen LogP contribution in [-0.4, -0.2) is 20.5 Å². The first-order chi connectivity index (χ1) is 8.58. The molecular formula is C13H10N2O3. The summed E-state index contributed by atoms with van der Waals surface area (Å²) in [7, 11) is 0. The summed E-state index contributed by atoms with van der Waals surface area (Å²) >= 11 is 0. The predicted molar refractivity (Wildman–Crippen MR) is 67.2 cm³/mol. The van der Waals surface area contributed by atoms with Crippen molar-refractivity contribution < 1.29 is 9.90 Å². The highest BCUT2D eigenvalue weighted by Gasteiger charge is 2.11. The molecule has 0 fully saturated rings. The lowest BCUT2D eigenvalue weighted by Crippen LogP contribution is -2.11. The number of aromatic nitrogens is 2. The second kappa shape index (κ2) is 3.46. The molecule has 0 saturated heterocycles. The van der Waals surface area contributed by atoms with Gasteiger partial charge >= 0.3 is 5.97 Å². The molecule has 1 aromatic carbocycles. The van der Waals surface area contributed by atoms with Gasteiger partial charge in [-0.2, -0.15) is 0 Å². The summed E-state index contributed by atoms with van der Waals surface area (Å²) in [5.74, 6) is -1.01. The van der Waals surface area contributed by atoms with Crippen molar-refractivity contribution in [3.8, 4) is 0 Å². The van der Waals surface area contributed by atoms with E-state index in [1.165, 1.54) is 6.07 Å². The maximum atomic E-state index is 11.8. The molecule has 5 nitrogen and oxygen atoms in total. The van der Waals surface area contributed by atoms with E-state index in [1.807, 2.05) is 6.92 Å². The van der Waals surface area contributed by atoms with Crippen molar-refractivity contribution in [2.24, 2.45) is 0 Å². The molecule has 0 unspecified atom stereocenters. The first kappa shape index (κ1) is 10.6. The molecule has 3 rings (SSSR count). The van der Waals surface area contributed by atoms with E-state index in [0.717, 1.165) is 11.1 Å². The van der Waals surface area contributed by atoms with Gasteiger partial charge in [0, 0.05) is 6.20 Å². The molecule has 0 bridgehead atoms. The molecule has 0 saturated carbocycles. The van der Waals surface area contributed by atoms with Crippen LogP contribution in [-0.2, 0) is 0 Å². The van der Waals surface area contributed by atoms with Gasteiger partial charge in [-0.25, -0.2) is 4.79 Å². The van der Waals surface area contributed by atoms with E-state index in [2.05, 4.69) is 4.98 Å². The van der Waals surface area contributed by atoms with Crippen molar-refractivity contribution >= 4 is 22.5 Å². The Morgan fingerprint density at radius 3 is 2.89 bits per heavy atom. The Morgan fingerprint density at radius 2 is 2.17 bits per heavy atom. The van der Waals surface area contributed by atoms with Gasteiger partial charge in [0.25, 0.3) is 5.56 Å². The highest BCUT2D eigenvalue weighted by Crippen LogP contribution is 2.19. The number of carboxylic acids is 1. The van der Waals surface area contributed by atoms with Crippen molar-refractivity contribution in [3.63, 3.8) is 0 Å². The molecule has 2 aromatic heterocycles. The van der Waals surface area contributed by atoms with Crippen molar-refractivity contribution in [2.75, 3.05) is 0 Å². The Morgan fingerprint density at radius 1 is 1.39 bits per heavy atom. The number of aromatic amines is 1. The molecule has 0 radical (unpaired) electrons. The van der Waals surface area contributed by atoms with E-state index in [9.17, 15) is 9.59 Å². The van der Waals surface area contributed by atoms with E-state index in [0.29, 0.717) is 11.0 Å². The molecule has 2 heterocycles. The molecule has 0 aliphatic carbocycles. The fourth-order valence-corrected chi connectivity index (χ4v) is 2.27. The van der Waals surface area contributed by atoms with Crippen LogP contribution in [0.2, 0.25) is 0 Å². The van der Waals surface area contributed by atoms with Crippen LogP contribution < -0.4 is 5.56 Å². The lowest BCUT2D eigenvalue weighted by Gasteiger charge is -2.07. The standard InChI is InChI=1S/C13H10N2O3/c1-7-5-8(13(17)18)6-9-11(7)15-4-2-3-10(15)12(16)14-9/h2-6H,1H3,(H,14,16)(H,17,18). The van der Waals surface area contributed by atoms with Gasteiger partial charge in [-0.3, -0.25) is 4.79 Å². The maximum absolute atomic E-state index is 11.8. The highest BCUT2D eigenvalue weighted by molar-refractivity contribution is 5.94. The van der Waals surface area contributed by atoms with Crippen LogP contribution in [0.5, 0.6) is 0 Å². The van der Waals surface area contributed by atoms with Gasteiger partial charge in [0.05, 0.1) is 16.6 Å². The van der Waals surface area contributed by atoms with E-state index < -0.39 is 5.97 Å².